The van der Waals surface area contributed by atoms with Crippen LogP contribution < -0.4 is 5.32 Å². The molecule has 0 fully saturated rings. The molecule has 20 heavy (non-hydrogen) atoms. The molecule has 0 aliphatic heterocycles. The van der Waals surface area contributed by atoms with E-state index in [1.54, 1.807) is 18.3 Å². The van der Waals surface area contributed by atoms with Gasteiger partial charge in [-0.3, -0.25) is 0 Å². The van der Waals surface area contributed by atoms with E-state index in [1.165, 1.54) is 17.0 Å². The summed E-state index contributed by atoms with van der Waals surface area (Å²) in [6, 6.07) is 6.55. The summed E-state index contributed by atoms with van der Waals surface area (Å²) in [6.07, 6.45) is 0. The van der Waals surface area contributed by atoms with Crippen LogP contribution in [0.25, 0.3) is 0 Å². The van der Waals surface area contributed by atoms with Gasteiger partial charge in [0.05, 0.1) is 5.69 Å². The van der Waals surface area contributed by atoms with Crippen molar-refractivity contribution >= 4 is 17.0 Å². The first-order valence-electron chi connectivity index (χ1n) is 6.56. The number of thiophene rings is 1. The van der Waals surface area contributed by atoms with E-state index in [0.717, 1.165) is 4.88 Å². The van der Waals surface area contributed by atoms with Crippen molar-refractivity contribution in [2.45, 2.75) is 39.7 Å². The van der Waals surface area contributed by atoms with Gasteiger partial charge in [-0.2, -0.15) is 0 Å². The van der Waals surface area contributed by atoms with Crippen LogP contribution in [0.3, 0.4) is 0 Å². The summed E-state index contributed by atoms with van der Waals surface area (Å²) in [5.74, 6) is -0.813. The molecular formula is C16H19F2NS. The largest absolute Gasteiger partial charge is 0.378 e. The maximum atomic E-state index is 13.7. The lowest BCUT2D eigenvalue weighted by Gasteiger charge is -2.15. The Kier molecular flexibility index (Phi) is 4.14. The zero-order chi connectivity index (χ0) is 14.9. The highest BCUT2D eigenvalue weighted by atomic mass is 32.1. The first kappa shape index (κ1) is 15.0. The van der Waals surface area contributed by atoms with E-state index in [9.17, 15) is 8.78 Å². The monoisotopic (exact) mass is 295 g/mol. The second-order valence-corrected chi connectivity index (χ2v) is 7.12. The number of nitrogens with one attached hydrogen (secondary N) is 1. The molecule has 2 aromatic rings. The first-order chi connectivity index (χ1) is 9.27. The number of rotatable bonds is 3. The van der Waals surface area contributed by atoms with Crippen LogP contribution in [0.2, 0.25) is 0 Å². The van der Waals surface area contributed by atoms with E-state index < -0.39 is 11.6 Å². The minimum Gasteiger partial charge on any atom is -0.378 e. The van der Waals surface area contributed by atoms with Crippen LogP contribution in [0.4, 0.5) is 14.5 Å². The Labute approximate surface area is 122 Å². The summed E-state index contributed by atoms with van der Waals surface area (Å²) >= 11 is 1.69. The molecule has 0 radical (unpaired) electrons. The molecule has 4 heteroatoms. The van der Waals surface area contributed by atoms with Crippen molar-refractivity contribution < 1.29 is 8.78 Å². The summed E-state index contributed by atoms with van der Waals surface area (Å²) < 4.78 is 27.1. The summed E-state index contributed by atoms with van der Waals surface area (Å²) in [5, 5.41) is 2.96. The molecule has 0 amide bonds. The topological polar surface area (TPSA) is 12.0 Å². The van der Waals surface area contributed by atoms with Crippen LogP contribution in [0.5, 0.6) is 0 Å². The SMILES string of the molecule is Cc1cc(F)c(NCc2ccc(C(C)(C)C)s2)cc1F. The molecule has 0 bridgehead atoms. The lowest BCUT2D eigenvalue weighted by molar-refractivity contribution is 0.594. The highest BCUT2D eigenvalue weighted by Gasteiger charge is 2.16. The van der Waals surface area contributed by atoms with Gasteiger partial charge in [0.2, 0.25) is 0 Å². The van der Waals surface area contributed by atoms with Crippen molar-refractivity contribution in [3.63, 3.8) is 0 Å². The van der Waals surface area contributed by atoms with Gasteiger partial charge < -0.3 is 5.32 Å². The number of benzene rings is 1. The van der Waals surface area contributed by atoms with Crippen LogP contribution in [-0.2, 0) is 12.0 Å². The van der Waals surface area contributed by atoms with Crippen molar-refractivity contribution in [2.75, 3.05) is 5.32 Å². The van der Waals surface area contributed by atoms with Crippen molar-refractivity contribution in [3.05, 3.63) is 51.2 Å². The van der Waals surface area contributed by atoms with E-state index in [4.69, 9.17) is 0 Å². The summed E-state index contributed by atoms with van der Waals surface area (Å²) in [5.41, 5.74) is 0.641. The molecule has 0 unspecified atom stereocenters. The maximum Gasteiger partial charge on any atom is 0.146 e. The molecular weight excluding hydrogens is 276 g/mol. The van der Waals surface area contributed by atoms with Gasteiger partial charge in [-0.05, 0) is 36.1 Å². The molecule has 0 saturated carbocycles. The average molecular weight is 295 g/mol. The van der Waals surface area contributed by atoms with E-state index in [-0.39, 0.29) is 11.1 Å². The fraction of sp³-hybridized carbons (Fsp3) is 0.375. The van der Waals surface area contributed by atoms with Gasteiger partial charge >= 0.3 is 0 Å². The molecule has 0 atom stereocenters. The van der Waals surface area contributed by atoms with Crippen LogP contribution in [0, 0.1) is 18.6 Å². The maximum absolute atomic E-state index is 13.7. The van der Waals surface area contributed by atoms with Crippen molar-refractivity contribution in [3.8, 4) is 0 Å². The van der Waals surface area contributed by atoms with E-state index in [2.05, 4.69) is 32.2 Å². The Balaban J connectivity index is 2.09. The van der Waals surface area contributed by atoms with Gasteiger partial charge in [-0.1, -0.05) is 20.8 Å². The third kappa shape index (κ3) is 3.37. The van der Waals surface area contributed by atoms with Gasteiger partial charge in [0, 0.05) is 22.4 Å². The standard InChI is InChI=1S/C16H19F2NS/c1-10-7-13(18)14(8-12(10)17)19-9-11-5-6-15(20-11)16(2,3)4/h5-8,19H,9H2,1-4H3. The van der Waals surface area contributed by atoms with Crippen molar-refractivity contribution in [2.24, 2.45) is 0 Å². The predicted molar refractivity (Wildman–Crippen MR) is 81.4 cm³/mol. The number of hydrogen-bond acceptors (Lipinski definition) is 2. The minimum atomic E-state index is -0.420. The van der Waals surface area contributed by atoms with Gasteiger partial charge in [-0.15, -0.1) is 11.3 Å². The second-order valence-electron chi connectivity index (χ2n) is 5.95. The fourth-order valence-corrected chi connectivity index (χ4v) is 2.85. The smallest absolute Gasteiger partial charge is 0.146 e. The normalized spacial score (nSPS) is 11.7. The van der Waals surface area contributed by atoms with Crippen LogP contribution in [0.15, 0.2) is 24.3 Å². The van der Waals surface area contributed by atoms with Gasteiger partial charge in [-0.25, -0.2) is 8.78 Å². The molecule has 1 aromatic heterocycles. The molecule has 1 aromatic carbocycles. The van der Waals surface area contributed by atoms with E-state index in [1.807, 2.05) is 6.07 Å². The van der Waals surface area contributed by atoms with Gasteiger partial charge in [0.15, 0.2) is 0 Å². The Morgan fingerprint density at radius 2 is 1.80 bits per heavy atom. The van der Waals surface area contributed by atoms with Crippen LogP contribution >= 0.6 is 11.3 Å². The number of aryl methyl sites for hydroxylation is 1. The van der Waals surface area contributed by atoms with Crippen molar-refractivity contribution in [1.29, 1.82) is 0 Å². The van der Waals surface area contributed by atoms with E-state index >= 15 is 0 Å². The third-order valence-electron chi connectivity index (χ3n) is 3.10. The summed E-state index contributed by atoms with van der Waals surface area (Å²) in [7, 11) is 0. The summed E-state index contributed by atoms with van der Waals surface area (Å²) in [4.78, 5) is 2.39. The van der Waals surface area contributed by atoms with Gasteiger partial charge in [0.25, 0.3) is 0 Å². The molecule has 2 rings (SSSR count). The van der Waals surface area contributed by atoms with Gasteiger partial charge in [0.1, 0.15) is 11.6 Å². The Morgan fingerprint density at radius 1 is 1.10 bits per heavy atom. The predicted octanol–water partition coefficient (Wildman–Crippen LogP) is 5.24. The fourth-order valence-electron chi connectivity index (χ4n) is 1.84. The van der Waals surface area contributed by atoms with Crippen molar-refractivity contribution in [1.82, 2.24) is 0 Å². The molecule has 1 N–H and O–H groups in total. The number of anilines is 1. The van der Waals surface area contributed by atoms with E-state index in [0.29, 0.717) is 12.1 Å². The molecule has 0 spiro atoms. The number of halogens is 2. The zero-order valence-electron chi connectivity index (χ0n) is 12.2. The second kappa shape index (κ2) is 5.52. The quantitative estimate of drug-likeness (QED) is 0.816. The third-order valence-corrected chi connectivity index (χ3v) is 4.61. The van der Waals surface area contributed by atoms with Crippen LogP contribution in [-0.4, -0.2) is 0 Å². The Hall–Kier alpha value is -1.42. The lowest BCUT2D eigenvalue weighted by atomic mass is 9.95. The Morgan fingerprint density at radius 3 is 2.40 bits per heavy atom. The average Bonchev–Trinajstić information content (AvgIpc) is 2.80. The summed E-state index contributed by atoms with van der Waals surface area (Å²) in [6.45, 7) is 8.53. The minimum absolute atomic E-state index is 0.115. The zero-order valence-corrected chi connectivity index (χ0v) is 13.0. The highest BCUT2D eigenvalue weighted by Crippen LogP contribution is 2.30. The molecule has 0 aliphatic carbocycles. The molecule has 1 heterocycles. The molecule has 0 aliphatic rings. The van der Waals surface area contributed by atoms with Crippen LogP contribution in [0.1, 0.15) is 36.1 Å². The molecule has 108 valence electrons. The molecule has 1 nitrogen and oxygen atoms in total. The first-order valence-corrected chi connectivity index (χ1v) is 7.38. The molecule has 0 saturated heterocycles. The number of hydrogen-bond donors (Lipinski definition) is 1. The Bertz CT molecular complexity index is 611. The highest BCUT2D eigenvalue weighted by molar-refractivity contribution is 7.12. The lowest BCUT2D eigenvalue weighted by Crippen LogP contribution is -2.07.